The van der Waals surface area contributed by atoms with Crippen molar-refractivity contribution < 1.29 is 0 Å². The molecule has 2 rings (SSSR count). The largest absolute Gasteiger partial charge is 0.310 e. The van der Waals surface area contributed by atoms with Gasteiger partial charge in [-0.05, 0) is 35.9 Å². The van der Waals surface area contributed by atoms with Crippen LogP contribution in [-0.2, 0) is 0 Å². The quantitative estimate of drug-likeness (QED) is 0.793. The lowest BCUT2D eigenvalue weighted by molar-refractivity contribution is 0.380. The second-order valence-electron chi connectivity index (χ2n) is 4.71. The number of benzene rings is 1. The number of rotatable bonds is 3. The van der Waals surface area contributed by atoms with E-state index in [4.69, 9.17) is 0 Å². The van der Waals surface area contributed by atoms with Gasteiger partial charge in [0.1, 0.15) is 0 Å². The normalized spacial score (nSPS) is 29.1. The fourth-order valence-electron chi connectivity index (χ4n) is 2.66. The van der Waals surface area contributed by atoms with Gasteiger partial charge >= 0.3 is 0 Å². The van der Waals surface area contributed by atoms with Gasteiger partial charge in [0, 0.05) is 6.04 Å². The summed E-state index contributed by atoms with van der Waals surface area (Å²) in [6, 6.07) is 9.44. The van der Waals surface area contributed by atoms with E-state index < -0.39 is 0 Å². The van der Waals surface area contributed by atoms with Crippen molar-refractivity contribution >= 4 is 0 Å². The molecule has 0 bridgehead atoms. The first kappa shape index (κ1) is 10.7. The summed E-state index contributed by atoms with van der Waals surface area (Å²) in [6.45, 7) is 8.05. The highest BCUT2D eigenvalue weighted by molar-refractivity contribution is 5.38. The molecule has 3 atom stereocenters. The minimum atomic E-state index is 0.566. The number of hydrogen-bond donors (Lipinski definition) is 1. The smallest absolute Gasteiger partial charge is 0.0354 e. The molecule has 1 aromatic rings. The lowest BCUT2D eigenvalue weighted by Crippen LogP contribution is -2.25. The van der Waals surface area contributed by atoms with Crippen molar-refractivity contribution in [2.45, 2.75) is 39.2 Å². The molecule has 1 aromatic carbocycles. The van der Waals surface area contributed by atoms with Crippen LogP contribution in [0.15, 0.2) is 24.3 Å². The molecule has 3 unspecified atom stereocenters. The molecular weight excluding hydrogens is 182 g/mol. The highest BCUT2D eigenvalue weighted by atomic mass is 14.9. The zero-order chi connectivity index (χ0) is 10.8. The third-order valence-corrected chi connectivity index (χ3v) is 3.75. The zero-order valence-electron chi connectivity index (χ0n) is 9.96. The minimum absolute atomic E-state index is 0.566. The third kappa shape index (κ3) is 1.81. The van der Waals surface area contributed by atoms with Crippen molar-refractivity contribution in [2.24, 2.45) is 5.92 Å². The maximum Gasteiger partial charge on any atom is 0.0354 e. The molecule has 0 spiro atoms. The first-order valence-corrected chi connectivity index (χ1v) is 6.08. The van der Waals surface area contributed by atoms with Gasteiger partial charge in [-0.3, -0.25) is 0 Å². The van der Waals surface area contributed by atoms with Gasteiger partial charge in [-0.1, -0.05) is 45.0 Å². The van der Waals surface area contributed by atoms with Gasteiger partial charge in [0.05, 0.1) is 0 Å². The molecular formula is C14H21N. The summed E-state index contributed by atoms with van der Waals surface area (Å²) in [5.41, 5.74) is 3.06. The molecule has 1 nitrogen and oxygen atoms in total. The van der Waals surface area contributed by atoms with Crippen LogP contribution >= 0.6 is 0 Å². The van der Waals surface area contributed by atoms with Crippen molar-refractivity contribution in [3.05, 3.63) is 35.4 Å². The maximum absolute atomic E-state index is 3.67. The second-order valence-corrected chi connectivity index (χ2v) is 4.71. The molecule has 1 aliphatic carbocycles. The Morgan fingerprint density at radius 2 is 1.80 bits per heavy atom. The summed E-state index contributed by atoms with van der Waals surface area (Å²) in [5.74, 6) is 1.41. The Bertz CT molecular complexity index is 332. The third-order valence-electron chi connectivity index (χ3n) is 3.75. The SMILES string of the molecule is CCCNC1c2ccccc2C(C)C1C. The van der Waals surface area contributed by atoms with E-state index >= 15 is 0 Å². The standard InChI is InChI=1S/C14H21N/c1-4-9-15-14-11(3)10(2)12-7-5-6-8-13(12)14/h5-8,10-11,14-15H,4,9H2,1-3H3. The highest BCUT2D eigenvalue weighted by Crippen LogP contribution is 2.44. The molecule has 0 heterocycles. The summed E-state index contributed by atoms with van der Waals surface area (Å²) in [4.78, 5) is 0. The van der Waals surface area contributed by atoms with Crippen molar-refractivity contribution in [1.29, 1.82) is 0 Å². The molecule has 0 radical (unpaired) electrons. The van der Waals surface area contributed by atoms with E-state index in [0.29, 0.717) is 17.9 Å². The molecule has 1 aliphatic rings. The van der Waals surface area contributed by atoms with Crippen LogP contribution in [0.2, 0.25) is 0 Å². The topological polar surface area (TPSA) is 12.0 Å². The average Bonchev–Trinajstić information content (AvgIpc) is 2.51. The Hall–Kier alpha value is -0.820. The number of fused-ring (bicyclic) bond motifs is 1. The van der Waals surface area contributed by atoms with Crippen LogP contribution in [0, 0.1) is 5.92 Å². The minimum Gasteiger partial charge on any atom is -0.310 e. The van der Waals surface area contributed by atoms with Crippen LogP contribution in [0.5, 0.6) is 0 Å². The molecule has 1 heteroatoms. The number of hydrogen-bond acceptors (Lipinski definition) is 1. The summed E-state index contributed by atoms with van der Waals surface area (Å²) in [7, 11) is 0. The van der Waals surface area contributed by atoms with Gasteiger partial charge in [-0.15, -0.1) is 0 Å². The Kier molecular flexibility index (Phi) is 3.11. The van der Waals surface area contributed by atoms with Gasteiger partial charge in [0.25, 0.3) is 0 Å². The van der Waals surface area contributed by atoms with Gasteiger partial charge in [0.2, 0.25) is 0 Å². The van der Waals surface area contributed by atoms with Gasteiger partial charge in [-0.25, -0.2) is 0 Å². The van der Waals surface area contributed by atoms with Crippen LogP contribution in [0.25, 0.3) is 0 Å². The monoisotopic (exact) mass is 203 g/mol. The molecule has 0 aromatic heterocycles. The maximum atomic E-state index is 3.67. The fourth-order valence-corrected chi connectivity index (χ4v) is 2.66. The van der Waals surface area contributed by atoms with E-state index in [0.717, 1.165) is 6.54 Å². The predicted octanol–water partition coefficient (Wildman–Crippen LogP) is 3.48. The summed E-state index contributed by atoms with van der Waals surface area (Å²) in [5, 5.41) is 3.67. The Balaban J connectivity index is 2.25. The van der Waals surface area contributed by atoms with Gasteiger partial charge in [0.15, 0.2) is 0 Å². The van der Waals surface area contributed by atoms with Crippen molar-refractivity contribution in [2.75, 3.05) is 6.54 Å². The van der Waals surface area contributed by atoms with E-state index in [2.05, 4.69) is 50.4 Å². The van der Waals surface area contributed by atoms with E-state index in [1.807, 2.05) is 0 Å². The van der Waals surface area contributed by atoms with Crippen molar-refractivity contribution in [1.82, 2.24) is 5.32 Å². The average molecular weight is 203 g/mol. The predicted molar refractivity (Wildman–Crippen MR) is 65.1 cm³/mol. The molecule has 0 saturated heterocycles. The Morgan fingerprint density at radius 3 is 2.47 bits per heavy atom. The fraction of sp³-hybridized carbons (Fsp3) is 0.571. The zero-order valence-corrected chi connectivity index (χ0v) is 9.96. The van der Waals surface area contributed by atoms with E-state index in [1.165, 1.54) is 12.0 Å². The van der Waals surface area contributed by atoms with E-state index in [9.17, 15) is 0 Å². The first-order chi connectivity index (χ1) is 7.25. The van der Waals surface area contributed by atoms with Crippen LogP contribution in [0.4, 0.5) is 0 Å². The van der Waals surface area contributed by atoms with E-state index in [-0.39, 0.29) is 0 Å². The Labute approximate surface area is 92.9 Å². The lowest BCUT2D eigenvalue weighted by Gasteiger charge is -2.20. The van der Waals surface area contributed by atoms with Crippen LogP contribution in [0.3, 0.4) is 0 Å². The molecule has 0 fully saturated rings. The molecule has 0 amide bonds. The second kappa shape index (κ2) is 4.36. The molecule has 82 valence electrons. The summed E-state index contributed by atoms with van der Waals surface area (Å²) < 4.78 is 0. The number of nitrogens with one attached hydrogen (secondary N) is 1. The van der Waals surface area contributed by atoms with E-state index in [1.54, 1.807) is 5.56 Å². The van der Waals surface area contributed by atoms with Crippen LogP contribution in [-0.4, -0.2) is 6.54 Å². The molecule has 0 saturated carbocycles. The Morgan fingerprint density at radius 1 is 1.13 bits per heavy atom. The van der Waals surface area contributed by atoms with Gasteiger partial charge in [-0.2, -0.15) is 0 Å². The van der Waals surface area contributed by atoms with Crippen LogP contribution < -0.4 is 5.32 Å². The summed E-state index contributed by atoms with van der Waals surface area (Å²) in [6.07, 6.45) is 1.21. The molecule has 0 aliphatic heterocycles. The molecule has 15 heavy (non-hydrogen) atoms. The van der Waals surface area contributed by atoms with Crippen molar-refractivity contribution in [3.63, 3.8) is 0 Å². The van der Waals surface area contributed by atoms with Crippen molar-refractivity contribution in [3.8, 4) is 0 Å². The lowest BCUT2D eigenvalue weighted by atomic mass is 9.94. The highest BCUT2D eigenvalue weighted by Gasteiger charge is 2.34. The summed E-state index contributed by atoms with van der Waals surface area (Å²) >= 11 is 0. The first-order valence-electron chi connectivity index (χ1n) is 6.08. The van der Waals surface area contributed by atoms with Gasteiger partial charge < -0.3 is 5.32 Å². The van der Waals surface area contributed by atoms with Crippen LogP contribution in [0.1, 0.15) is 50.3 Å². The molecule has 1 N–H and O–H groups in total.